The molecule has 0 unspecified atom stereocenters. The molecule has 1 aromatic heterocycles. The van der Waals surface area contributed by atoms with Crippen molar-refractivity contribution < 1.29 is 13.9 Å². The molecule has 3 saturated heterocycles. The monoisotopic (exact) mass is 372 g/mol. The molecular weight excluding hydrogens is 347 g/mol. The van der Waals surface area contributed by atoms with E-state index in [1.807, 2.05) is 0 Å². The summed E-state index contributed by atoms with van der Waals surface area (Å²) in [6.45, 7) is 3.22. The number of hydrogen-bond acceptors (Lipinski definition) is 4. The maximum atomic E-state index is 13.5. The zero-order chi connectivity index (χ0) is 18.4. The van der Waals surface area contributed by atoms with E-state index in [1.54, 1.807) is 18.2 Å². The van der Waals surface area contributed by atoms with Crippen molar-refractivity contribution in [2.75, 3.05) is 33.0 Å². The minimum atomic E-state index is -0.889. The molecule has 1 aliphatic carbocycles. The second kappa shape index (κ2) is 6.78. The van der Waals surface area contributed by atoms with E-state index in [-0.39, 0.29) is 11.9 Å². The summed E-state index contributed by atoms with van der Waals surface area (Å²) in [5, 5.41) is 7.97. The van der Waals surface area contributed by atoms with Crippen molar-refractivity contribution in [2.45, 2.75) is 31.7 Å². The maximum absolute atomic E-state index is 13.5. The van der Waals surface area contributed by atoms with Crippen LogP contribution in [0.1, 0.15) is 36.2 Å². The molecule has 6 rings (SSSR count). The summed E-state index contributed by atoms with van der Waals surface area (Å²) < 4.78 is 17.5. The Morgan fingerprint density at radius 3 is 2.78 bits per heavy atom. The summed E-state index contributed by atoms with van der Waals surface area (Å²) in [4.78, 5) is 18.1. The van der Waals surface area contributed by atoms with Crippen LogP contribution in [0, 0.1) is 11.8 Å². The van der Waals surface area contributed by atoms with Crippen molar-refractivity contribution in [1.29, 1.82) is 0 Å². The van der Waals surface area contributed by atoms with Gasteiger partial charge in [0, 0.05) is 24.5 Å². The highest BCUT2D eigenvalue weighted by Gasteiger charge is 2.42. The number of carbonyl (C=O) groups is 1. The Labute approximate surface area is 157 Å². The first-order valence-electron chi connectivity index (χ1n) is 9.93. The fourth-order valence-corrected chi connectivity index (χ4v) is 4.68. The molecule has 4 fully saturated rings. The lowest BCUT2D eigenvalue weighted by molar-refractivity contribution is 0.00577. The first-order valence-corrected chi connectivity index (χ1v) is 9.93. The molecule has 6 nitrogen and oxygen atoms in total. The first-order chi connectivity index (χ1) is 13.2. The average molecular weight is 372 g/mol. The van der Waals surface area contributed by atoms with E-state index in [0.717, 1.165) is 31.7 Å². The summed E-state index contributed by atoms with van der Waals surface area (Å²) in [6.07, 6.45) is 4.77. The second-order valence-electron chi connectivity index (χ2n) is 8.14. The number of nitrogens with one attached hydrogen (secondary N) is 1. The van der Waals surface area contributed by atoms with Crippen LogP contribution in [0.3, 0.4) is 0 Å². The number of alkyl halides is 1. The number of aromatic nitrogens is 2. The Balaban J connectivity index is 1.47. The average Bonchev–Trinajstić information content (AvgIpc) is 3.43. The largest absolute Gasteiger partial charge is 0.463 e. The molecule has 144 valence electrons. The van der Waals surface area contributed by atoms with Crippen molar-refractivity contribution in [1.82, 2.24) is 20.0 Å². The summed E-state index contributed by atoms with van der Waals surface area (Å²) >= 11 is 0. The number of ether oxygens (including phenoxy) is 1. The normalized spacial score (nSPS) is 27.1. The highest BCUT2D eigenvalue weighted by atomic mass is 19.1. The van der Waals surface area contributed by atoms with Crippen LogP contribution in [0.25, 0.3) is 10.9 Å². The van der Waals surface area contributed by atoms with E-state index in [2.05, 4.69) is 20.0 Å². The molecule has 0 spiro atoms. The Kier molecular flexibility index (Phi) is 4.27. The molecule has 1 aromatic carbocycles. The van der Waals surface area contributed by atoms with Gasteiger partial charge in [-0.05, 0) is 68.8 Å². The van der Waals surface area contributed by atoms with Crippen LogP contribution in [-0.2, 0) is 0 Å². The van der Waals surface area contributed by atoms with Crippen LogP contribution < -0.4 is 4.74 Å². The van der Waals surface area contributed by atoms with E-state index in [9.17, 15) is 9.18 Å². The van der Waals surface area contributed by atoms with Gasteiger partial charge in [0.15, 0.2) is 5.69 Å². The standard InChI is InChI=1S/C20H25FN4O2/c21-12-27-15-3-4-17-16(9-15)19(23-22-17)20(26)25(10-13-1-2-13)18-11-24-7-5-14(18)6-8-24/h3-4,9,13-14,18H,1-2,5-8,10-12H2,(H,22,23)/t18-/m1/s1. The predicted octanol–water partition coefficient (Wildman–Crippen LogP) is 2.82. The summed E-state index contributed by atoms with van der Waals surface area (Å²) in [5.41, 5.74) is 1.19. The molecule has 4 aliphatic rings. The number of aromatic amines is 1. The van der Waals surface area contributed by atoms with Crippen molar-refractivity contribution in [3.05, 3.63) is 23.9 Å². The van der Waals surface area contributed by atoms with Gasteiger partial charge in [-0.25, -0.2) is 4.39 Å². The summed E-state index contributed by atoms with van der Waals surface area (Å²) in [5.74, 6) is 1.62. The van der Waals surface area contributed by atoms with Gasteiger partial charge in [0.2, 0.25) is 6.86 Å². The van der Waals surface area contributed by atoms with Gasteiger partial charge in [0.05, 0.1) is 5.52 Å². The number of piperidine rings is 3. The Morgan fingerprint density at radius 1 is 1.30 bits per heavy atom. The lowest BCUT2D eigenvalue weighted by Crippen LogP contribution is -2.59. The summed E-state index contributed by atoms with van der Waals surface area (Å²) in [7, 11) is 0. The minimum Gasteiger partial charge on any atom is -0.463 e. The number of halogens is 1. The first kappa shape index (κ1) is 17.0. The third-order valence-corrected chi connectivity index (χ3v) is 6.39. The Bertz CT molecular complexity index is 842. The lowest BCUT2D eigenvalue weighted by Gasteiger charge is -2.49. The fraction of sp³-hybridized carbons (Fsp3) is 0.600. The zero-order valence-corrected chi connectivity index (χ0v) is 15.4. The van der Waals surface area contributed by atoms with Gasteiger partial charge < -0.3 is 14.5 Å². The van der Waals surface area contributed by atoms with Gasteiger partial charge in [-0.15, -0.1) is 0 Å². The maximum Gasteiger partial charge on any atom is 0.275 e. The molecule has 4 heterocycles. The Morgan fingerprint density at radius 2 is 2.11 bits per heavy atom. The molecule has 7 heteroatoms. The van der Waals surface area contributed by atoms with Crippen LogP contribution in [0.4, 0.5) is 4.39 Å². The van der Waals surface area contributed by atoms with Crippen molar-refractivity contribution in [2.24, 2.45) is 11.8 Å². The third-order valence-electron chi connectivity index (χ3n) is 6.39. The zero-order valence-electron chi connectivity index (χ0n) is 15.4. The summed E-state index contributed by atoms with van der Waals surface area (Å²) in [6, 6.07) is 5.45. The van der Waals surface area contributed by atoms with E-state index in [1.165, 1.54) is 25.7 Å². The number of rotatable bonds is 6. The molecular formula is C20H25FN4O2. The SMILES string of the molecule is O=C(c1n[nH]c2ccc(OCF)cc12)N(CC1CC1)[C@@H]1CN2CCC1CC2. The molecule has 3 aliphatic heterocycles. The lowest BCUT2D eigenvalue weighted by atomic mass is 9.83. The highest BCUT2D eigenvalue weighted by Crippen LogP contribution is 2.36. The van der Waals surface area contributed by atoms with Gasteiger partial charge in [0.1, 0.15) is 5.75 Å². The molecule has 1 N–H and O–H groups in total. The topological polar surface area (TPSA) is 61.5 Å². The number of hydrogen-bond donors (Lipinski definition) is 1. The van der Waals surface area contributed by atoms with Crippen molar-refractivity contribution >= 4 is 16.8 Å². The van der Waals surface area contributed by atoms with Gasteiger partial charge in [0.25, 0.3) is 5.91 Å². The molecule has 0 radical (unpaired) electrons. The van der Waals surface area contributed by atoms with Gasteiger partial charge in [-0.2, -0.15) is 5.10 Å². The smallest absolute Gasteiger partial charge is 0.275 e. The van der Waals surface area contributed by atoms with Crippen LogP contribution in [0.5, 0.6) is 5.75 Å². The number of nitrogens with zero attached hydrogens (tertiary/aromatic N) is 3. The molecule has 27 heavy (non-hydrogen) atoms. The van der Waals surface area contributed by atoms with Gasteiger partial charge in [-0.1, -0.05) is 0 Å². The molecule has 1 saturated carbocycles. The van der Waals surface area contributed by atoms with Crippen LogP contribution in [0.2, 0.25) is 0 Å². The quantitative estimate of drug-likeness (QED) is 0.847. The number of amides is 1. The Hall–Kier alpha value is -2.15. The van der Waals surface area contributed by atoms with Crippen molar-refractivity contribution in [3.63, 3.8) is 0 Å². The molecule has 1 atom stereocenters. The number of benzene rings is 1. The molecule has 1 amide bonds. The van der Waals surface area contributed by atoms with Crippen LogP contribution >= 0.6 is 0 Å². The fourth-order valence-electron chi connectivity index (χ4n) is 4.68. The minimum absolute atomic E-state index is 0.00991. The highest BCUT2D eigenvalue weighted by molar-refractivity contribution is 6.05. The van der Waals surface area contributed by atoms with E-state index < -0.39 is 6.86 Å². The van der Waals surface area contributed by atoms with Crippen LogP contribution in [-0.4, -0.2) is 65.0 Å². The van der Waals surface area contributed by atoms with Crippen molar-refractivity contribution in [3.8, 4) is 5.75 Å². The molecule has 2 bridgehead atoms. The second-order valence-corrected chi connectivity index (χ2v) is 8.14. The predicted molar refractivity (Wildman–Crippen MR) is 99.4 cm³/mol. The van der Waals surface area contributed by atoms with Gasteiger partial charge >= 0.3 is 0 Å². The third kappa shape index (κ3) is 3.18. The number of H-pyrrole nitrogens is 1. The molecule has 2 aromatic rings. The van der Waals surface area contributed by atoms with E-state index >= 15 is 0 Å². The van der Waals surface area contributed by atoms with E-state index in [4.69, 9.17) is 4.74 Å². The van der Waals surface area contributed by atoms with Crippen LogP contribution in [0.15, 0.2) is 18.2 Å². The van der Waals surface area contributed by atoms with Gasteiger partial charge in [-0.3, -0.25) is 9.89 Å². The number of carbonyl (C=O) groups excluding carboxylic acids is 1. The van der Waals surface area contributed by atoms with E-state index in [0.29, 0.717) is 28.7 Å². The number of fused-ring (bicyclic) bond motifs is 4.